The monoisotopic (exact) mass is 443 g/mol. The lowest BCUT2D eigenvalue weighted by Crippen LogP contribution is -2.29. The number of carbonyl (C=O) groups is 2. The first-order chi connectivity index (χ1) is 15.9. The maximum Gasteiger partial charge on any atom is 0.300 e. The molecule has 1 aliphatic rings. The Labute approximate surface area is 192 Å². The summed E-state index contributed by atoms with van der Waals surface area (Å²) in [5, 5.41) is 11.4. The Morgan fingerprint density at radius 2 is 1.61 bits per heavy atom. The van der Waals surface area contributed by atoms with Crippen LogP contribution in [0.3, 0.4) is 0 Å². The van der Waals surface area contributed by atoms with Crippen molar-refractivity contribution in [2.75, 3.05) is 19.1 Å². The SMILES string of the molecule is COc1ccc(/C(O)=C2\C(=O)C(=O)N(c3ccc(C)cc3)C2c2ccccc2C)c(OC)c1. The van der Waals surface area contributed by atoms with E-state index in [1.165, 1.54) is 19.1 Å². The van der Waals surface area contributed by atoms with Gasteiger partial charge in [-0.1, -0.05) is 42.0 Å². The lowest BCUT2D eigenvalue weighted by molar-refractivity contribution is -0.132. The van der Waals surface area contributed by atoms with Crippen LogP contribution in [0.1, 0.15) is 28.3 Å². The van der Waals surface area contributed by atoms with Gasteiger partial charge >= 0.3 is 0 Å². The standard InChI is InChI=1S/C27H25NO5/c1-16-9-11-18(12-10-16)28-24(20-8-6-5-7-17(20)2)23(26(30)27(28)31)25(29)21-14-13-19(32-3)15-22(21)33-4/h5-15,24,29H,1-4H3/b25-23+. The van der Waals surface area contributed by atoms with Crippen LogP contribution >= 0.6 is 0 Å². The zero-order valence-corrected chi connectivity index (χ0v) is 19.0. The van der Waals surface area contributed by atoms with E-state index >= 15 is 0 Å². The molecule has 0 radical (unpaired) electrons. The fourth-order valence-corrected chi connectivity index (χ4v) is 4.13. The van der Waals surface area contributed by atoms with Gasteiger partial charge in [-0.05, 0) is 49.2 Å². The van der Waals surface area contributed by atoms with Crippen LogP contribution in [0.2, 0.25) is 0 Å². The number of hydrogen-bond donors (Lipinski definition) is 1. The number of rotatable bonds is 5. The third-order valence-electron chi connectivity index (χ3n) is 5.90. The molecule has 1 aliphatic heterocycles. The molecule has 4 rings (SSSR count). The second-order valence-electron chi connectivity index (χ2n) is 7.93. The number of methoxy groups -OCH3 is 2. The molecule has 6 nitrogen and oxygen atoms in total. The lowest BCUT2D eigenvalue weighted by atomic mass is 9.92. The van der Waals surface area contributed by atoms with E-state index in [1.807, 2.05) is 50.2 Å². The fraction of sp³-hybridized carbons (Fsp3) is 0.185. The van der Waals surface area contributed by atoms with Gasteiger partial charge in [-0.3, -0.25) is 14.5 Å². The molecule has 33 heavy (non-hydrogen) atoms. The van der Waals surface area contributed by atoms with E-state index < -0.39 is 17.7 Å². The van der Waals surface area contributed by atoms with Crippen molar-refractivity contribution in [3.63, 3.8) is 0 Å². The molecule has 0 spiro atoms. The predicted octanol–water partition coefficient (Wildman–Crippen LogP) is 4.95. The number of ether oxygens (including phenoxy) is 2. The summed E-state index contributed by atoms with van der Waals surface area (Å²) in [4.78, 5) is 28.0. The Morgan fingerprint density at radius 3 is 2.24 bits per heavy atom. The molecule has 1 saturated heterocycles. The van der Waals surface area contributed by atoms with Gasteiger partial charge in [0.25, 0.3) is 11.7 Å². The van der Waals surface area contributed by atoms with Crippen molar-refractivity contribution in [3.05, 3.63) is 94.6 Å². The number of anilines is 1. The van der Waals surface area contributed by atoms with Crippen molar-refractivity contribution in [1.82, 2.24) is 0 Å². The number of benzene rings is 3. The van der Waals surface area contributed by atoms with E-state index in [0.29, 0.717) is 22.7 Å². The number of aryl methyl sites for hydroxylation is 2. The van der Waals surface area contributed by atoms with Crippen LogP contribution in [-0.2, 0) is 9.59 Å². The summed E-state index contributed by atoms with van der Waals surface area (Å²) in [6.45, 7) is 3.87. The van der Waals surface area contributed by atoms with Gasteiger partial charge in [0.2, 0.25) is 0 Å². The lowest BCUT2D eigenvalue weighted by Gasteiger charge is -2.27. The Kier molecular flexibility index (Phi) is 5.92. The zero-order valence-electron chi connectivity index (χ0n) is 19.0. The second kappa shape index (κ2) is 8.82. The van der Waals surface area contributed by atoms with Crippen molar-refractivity contribution in [2.24, 2.45) is 0 Å². The molecular weight excluding hydrogens is 418 g/mol. The van der Waals surface area contributed by atoms with Gasteiger partial charge in [0.15, 0.2) is 0 Å². The summed E-state index contributed by atoms with van der Waals surface area (Å²) in [5.41, 5.74) is 3.58. The van der Waals surface area contributed by atoms with Gasteiger partial charge in [0.1, 0.15) is 17.3 Å². The Bertz CT molecular complexity index is 1260. The van der Waals surface area contributed by atoms with Crippen LogP contribution in [0.25, 0.3) is 5.76 Å². The molecule has 0 bridgehead atoms. The highest BCUT2D eigenvalue weighted by molar-refractivity contribution is 6.51. The molecule has 3 aromatic carbocycles. The molecule has 0 aromatic heterocycles. The minimum atomic E-state index is -0.791. The maximum absolute atomic E-state index is 13.3. The van der Waals surface area contributed by atoms with Crippen molar-refractivity contribution < 1.29 is 24.2 Å². The quantitative estimate of drug-likeness (QED) is 0.343. The van der Waals surface area contributed by atoms with Crippen LogP contribution in [0.5, 0.6) is 11.5 Å². The van der Waals surface area contributed by atoms with E-state index in [4.69, 9.17) is 9.47 Å². The summed E-state index contributed by atoms with van der Waals surface area (Å²) in [6, 6.07) is 19.0. The molecule has 1 N–H and O–H groups in total. The topological polar surface area (TPSA) is 76.1 Å². The van der Waals surface area contributed by atoms with Gasteiger partial charge < -0.3 is 14.6 Å². The second-order valence-corrected chi connectivity index (χ2v) is 7.93. The third kappa shape index (κ3) is 3.84. The molecule has 1 heterocycles. The van der Waals surface area contributed by atoms with E-state index in [-0.39, 0.29) is 11.3 Å². The number of aliphatic hydroxyl groups excluding tert-OH is 1. The molecule has 1 fully saturated rings. The minimum absolute atomic E-state index is 0.0124. The molecular formula is C27H25NO5. The van der Waals surface area contributed by atoms with Gasteiger partial charge in [0.05, 0.1) is 31.4 Å². The van der Waals surface area contributed by atoms with Crippen molar-refractivity contribution in [2.45, 2.75) is 19.9 Å². The largest absolute Gasteiger partial charge is 0.507 e. The normalized spacial score (nSPS) is 17.3. The van der Waals surface area contributed by atoms with Gasteiger partial charge in [-0.15, -0.1) is 0 Å². The van der Waals surface area contributed by atoms with Gasteiger partial charge in [-0.2, -0.15) is 0 Å². The minimum Gasteiger partial charge on any atom is -0.507 e. The Balaban J connectivity index is 1.98. The van der Waals surface area contributed by atoms with E-state index in [2.05, 4.69) is 0 Å². The van der Waals surface area contributed by atoms with Crippen LogP contribution in [0.15, 0.2) is 72.3 Å². The van der Waals surface area contributed by atoms with Crippen molar-refractivity contribution >= 4 is 23.1 Å². The summed E-state index contributed by atoms with van der Waals surface area (Å²) >= 11 is 0. The summed E-state index contributed by atoms with van der Waals surface area (Å²) in [7, 11) is 2.99. The first-order valence-electron chi connectivity index (χ1n) is 10.5. The molecule has 3 aromatic rings. The molecule has 1 unspecified atom stereocenters. The fourth-order valence-electron chi connectivity index (χ4n) is 4.13. The number of nitrogens with zero attached hydrogens (tertiary/aromatic N) is 1. The molecule has 168 valence electrons. The van der Waals surface area contributed by atoms with E-state index in [0.717, 1.165) is 16.7 Å². The molecule has 6 heteroatoms. The molecule has 1 amide bonds. The highest BCUT2D eigenvalue weighted by Gasteiger charge is 2.47. The summed E-state index contributed by atoms with van der Waals surface area (Å²) in [6.07, 6.45) is 0. The first-order valence-corrected chi connectivity index (χ1v) is 10.5. The Morgan fingerprint density at radius 1 is 0.909 bits per heavy atom. The smallest absolute Gasteiger partial charge is 0.300 e. The summed E-state index contributed by atoms with van der Waals surface area (Å²) < 4.78 is 10.7. The first kappa shape index (κ1) is 22.1. The summed E-state index contributed by atoms with van der Waals surface area (Å²) in [5.74, 6) is -0.869. The van der Waals surface area contributed by atoms with Crippen LogP contribution in [0, 0.1) is 13.8 Å². The van der Waals surface area contributed by atoms with Crippen molar-refractivity contribution in [3.8, 4) is 11.5 Å². The predicted molar refractivity (Wildman–Crippen MR) is 127 cm³/mol. The number of carbonyl (C=O) groups excluding carboxylic acids is 2. The molecule has 0 saturated carbocycles. The van der Waals surface area contributed by atoms with Crippen molar-refractivity contribution in [1.29, 1.82) is 0 Å². The zero-order chi connectivity index (χ0) is 23.7. The number of hydrogen-bond acceptors (Lipinski definition) is 5. The number of amides is 1. The highest BCUT2D eigenvalue weighted by Crippen LogP contribution is 2.44. The third-order valence-corrected chi connectivity index (χ3v) is 5.90. The molecule has 0 aliphatic carbocycles. The number of ketones is 1. The number of aliphatic hydroxyl groups is 1. The van der Waals surface area contributed by atoms with Crippen LogP contribution in [-0.4, -0.2) is 31.0 Å². The molecule has 1 atom stereocenters. The van der Waals surface area contributed by atoms with E-state index in [9.17, 15) is 14.7 Å². The van der Waals surface area contributed by atoms with E-state index in [1.54, 1.807) is 30.3 Å². The van der Waals surface area contributed by atoms with Crippen LogP contribution < -0.4 is 14.4 Å². The Hall–Kier alpha value is -4.06. The highest BCUT2D eigenvalue weighted by atomic mass is 16.5. The van der Waals surface area contributed by atoms with Gasteiger partial charge in [-0.25, -0.2) is 0 Å². The maximum atomic E-state index is 13.3. The average Bonchev–Trinajstić information content (AvgIpc) is 3.09. The van der Waals surface area contributed by atoms with Gasteiger partial charge in [0, 0.05) is 11.8 Å². The average molecular weight is 443 g/mol. The number of Topliss-reactive ketones (excluding diaryl/α,β-unsaturated/α-hetero) is 1. The van der Waals surface area contributed by atoms with Crippen LogP contribution in [0.4, 0.5) is 5.69 Å².